The van der Waals surface area contributed by atoms with Gasteiger partial charge in [0.2, 0.25) is 0 Å². The van der Waals surface area contributed by atoms with Crippen LogP contribution in [0.5, 0.6) is 5.75 Å². The van der Waals surface area contributed by atoms with E-state index in [1.807, 2.05) is 24.3 Å². The van der Waals surface area contributed by atoms with Gasteiger partial charge in [-0.3, -0.25) is 0 Å². The lowest BCUT2D eigenvalue weighted by Crippen LogP contribution is -2.34. The molecule has 4 nitrogen and oxygen atoms in total. The SMILES string of the molecule is CCCOc1ccc(NC2CCCC2S(C)(=O)=O)cc1. The molecule has 0 aliphatic heterocycles. The molecule has 0 aromatic heterocycles. The Morgan fingerprint density at radius 3 is 2.55 bits per heavy atom. The van der Waals surface area contributed by atoms with Gasteiger partial charge in [-0.25, -0.2) is 8.42 Å². The first kappa shape index (κ1) is 15.2. The number of sulfone groups is 1. The summed E-state index contributed by atoms with van der Waals surface area (Å²) < 4.78 is 29.0. The van der Waals surface area contributed by atoms with E-state index in [-0.39, 0.29) is 11.3 Å². The van der Waals surface area contributed by atoms with Crippen molar-refractivity contribution in [3.05, 3.63) is 24.3 Å². The van der Waals surface area contributed by atoms with Crippen molar-refractivity contribution in [1.82, 2.24) is 0 Å². The minimum Gasteiger partial charge on any atom is -0.494 e. The lowest BCUT2D eigenvalue weighted by Gasteiger charge is -2.20. The van der Waals surface area contributed by atoms with E-state index in [1.54, 1.807) is 0 Å². The Hall–Kier alpha value is -1.23. The van der Waals surface area contributed by atoms with Gasteiger partial charge in [0.15, 0.2) is 9.84 Å². The van der Waals surface area contributed by atoms with Gasteiger partial charge in [0.25, 0.3) is 0 Å². The van der Waals surface area contributed by atoms with Gasteiger partial charge in [0.1, 0.15) is 5.75 Å². The zero-order chi connectivity index (χ0) is 14.6. The third-order valence-corrected chi connectivity index (χ3v) is 5.35. The predicted octanol–water partition coefficient (Wildman–Crippen LogP) is 2.85. The van der Waals surface area contributed by atoms with Gasteiger partial charge in [-0.05, 0) is 49.9 Å². The maximum atomic E-state index is 11.7. The van der Waals surface area contributed by atoms with Crippen LogP contribution in [0.1, 0.15) is 32.6 Å². The number of benzene rings is 1. The molecule has 1 aromatic carbocycles. The fourth-order valence-corrected chi connectivity index (χ4v) is 4.08. The second-order valence-electron chi connectivity index (χ2n) is 5.42. The molecule has 0 saturated heterocycles. The highest BCUT2D eigenvalue weighted by Gasteiger charge is 2.34. The molecule has 0 spiro atoms. The van der Waals surface area contributed by atoms with Crippen LogP contribution in [0.15, 0.2) is 24.3 Å². The minimum atomic E-state index is -2.98. The topological polar surface area (TPSA) is 55.4 Å². The molecule has 5 heteroatoms. The molecule has 20 heavy (non-hydrogen) atoms. The summed E-state index contributed by atoms with van der Waals surface area (Å²) in [6, 6.07) is 7.75. The summed E-state index contributed by atoms with van der Waals surface area (Å²) in [5.74, 6) is 0.850. The molecular weight excluding hydrogens is 274 g/mol. The third-order valence-electron chi connectivity index (χ3n) is 3.68. The Bertz CT molecular complexity index is 525. The molecule has 1 aliphatic rings. The van der Waals surface area contributed by atoms with Crippen LogP contribution in [0.3, 0.4) is 0 Å². The molecule has 0 heterocycles. The van der Waals surface area contributed by atoms with Gasteiger partial charge >= 0.3 is 0 Å². The molecule has 1 saturated carbocycles. The summed E-state index contributed by atoms with van der Waals surface area (Å²) >= 11 is 0. The van der Waals surface area contributed by atoms with E-state index in [2.05, 4.69) is 12.2 Å². The van der Waals surface area contributed by atoms with Crippen molar-refractivity contribution in [2.45, 2.75) is 43.9 Å². The molecule has 1 aliphatic carbocycles. The number of anilines is 1. The highest BCUT2D eigenvalue weighted by Crippen LogP contribution is 2.28. The van der Waals surface area contributed by atoms with Crippen molar-refractivity contribution in [3.8, 4) is 5.75 Å². The maximum Gasteiger partial charge on any atom is 0.152 e. The number of hydrogen-bond acceptors (Lipinski definition) is 4. The molecule has 0 bridgehead atoms. The smallest absolute Gasteiger partial charge is 0.152 e. The van der Waals surface area contributed by atoms with Gasteiger partial charge in [-0.1, -0.05) is 6.92 Å². The van der Waals surface area contributed by atoms with E-state index in [0.717, 1.165) is 37.1 Å². The third kappa shape index (κ3) is 3.88. The fourth-order valence-electron chi connectivity index (χ4n) is 2.68. The average Bonchev–Trinajstić information content (AvgIpc) is 2.86. The van der Waals surface area contributed by atoms with Crippen LogP contribution in [-0.4, -0.2) is 32.6 Å². The van der Waals surface area contributed by atoms with Crippen LogP contribution in [0, 0.1) is 0 Å². The van der Waals surface area contributed by atoms with Crippen LogP contribution < -0.4 is 10.1 Å². The number of nitrogens with one attached hydrogen (secondary N) is 1. The second kappa shape index (κ2) is 6.48. The monoisotopic (exact) mass is 297 g/mol. The van der Waals surface area contributed by atoms with Gasteiger partial charge in [-0.2, -0.15) is 0 Å². The van der Waals surface area contributed by atoms with E-state index in [0.29, 0.717) is 6.61 Å². The summed E-state index contributed by atoms with van der Waals surface area (Å²) in [6.45, 7) is 2.78. The Morgan fingerprint density at radius 1 is 1.25 bits per heavy atom. The maximum absolute atomic E-state index is 11.7. The standard InChI is InChI=1S/C15H23NO3S/c1-3-11-19-13-9-7-12(8-10-13)16-14-5-4-6-15(14)20(2,17)18/h7-10,14-16H,3-6,11H2,1-2H3. The minimum absolute atomic E-state index is 0.0208. The van der Waals surface area contributed by atoms with Crippen molar-refractivity contribution in [2.24, 2.45) is 0 Å². The summed E-state index contributed by atoms with van der Waals surface area (Å²) in [7, 11) is -2.98. The molecule has 1 N–H and O–H groups in total. The van der Waals surface area contributed by atoms with Crippen molar-refractivity contribution >= 4 is 15.5 Å². The Morgan fingerprint density at radius 2 is 1.95 bits per heavy atom. The zero-order valence-corrected chi connectivity index (χ0v) is 12.9. The number of hydrogen-bond donors (Lipinski definition) is 1. The van der Waals surface area contributed by atoms with Gasteiger partial charge < -0.3 is 10.1 Å². The molecule has 0 amide bonds. The van der Waals surface area contributed by atoms with Crippen molar-refractivity contribution < 1.29 is 13.2 Å². The molecule has 2 atom stereocenters. The molecule has 1 fully saturated rings. The first-order valence-corrected chi connectivity index (χ1v) is 9.14. The summed E-state index contributed by atoms with van der Waals surface area (Å²) in [5, 5.41) is 3.08. The quantitative estimate of drug-likeness (QED) is 0.877. The number of ether oxygens (including phenoxy) is 1. The molecule has 1 aromatic rings. The molecular formula is C15H23NO3S. The lowest BCUT2D eigenvalue weighted by atomic mass is 10.2. The normalized spacial score (nSPS) is 22.7. The lowest BCUT2D eigenvalue weighted by molar-refractivity contribution is 0.317. The van der Waals surface area contributed by atoms with E-state index < -0.39 is 9.84 Å². The largest absolute Gasteiger partial charge is 0.494 e. The van der Waals surface area contributed by atoms with Crippen LogP contribution in [0.25, 0.3) is 0 Å². The van der Waals surface area contributed by atoms with Crippen molar-refractivity contribution in [1.29, 1.82) is 0 Å². The summed E-state index contributed by atoms with van der Waals surface area (Å²) in [6.07, 6.45) is 4.95. The van der Waals surface area contributed by atoms with Gasteiger partial charge in [0, 0.05) is 18.0 Å². The van der Waals surface area contributed by atoms with Gasteiger partial charge in [-0.15, -0.1) is 0 Å². The van der Waals surface area contributed by atoms with Gasteiger partial charge in [0.05, 0.1) is 11.9 Å². The zero-order valence-electron chi connectivity index (χ0n) is 12.1. The Balaban J connectivity index is 1.99. The van der Waals surface area contributed by atoms with E-state index >= 15 is 0 Å². The van der Waals surface area contributed by atoms with E-state index in [1.165, 1.54) is 6.26 Å². The predicted molar refractivity (Wildman–Crippen MR) is 82.1 cm³/mol. The molecule has 2 unspecified atom stereocenters. The van der Waals surface area contributed by atoms with E-state index in [9.17, 15) is 8.42 Å². The van der Waals surface area contributed by atoms with Crippen LogP contribution in [0.2, 0.25) is 0 Å². The highest BCUT2D eigenvalue weighted by atomic mass is 32.2. The van der Waals surface area contributed by atoms with Crippen molar-refractivity contribution in [2.75, 3.05) is 18.2 Å². The first-order chi connectivity index (χ1) is 9.50. The summed E-state index contributed by atoms with van der Waals surface area (Å²) in [4.78, 5) is 0. The molecule has 0 radical (unpaired) electrons. The fraction of sp³-hybridized carbons (Fsp3) is 0.600. The van der Waals surface area contributed by atoms with Crippen molar-refractivity contribution in [3.63, 3.8) is 0 Å². The Labute approximate surface area is 121 Å². The Kier molecular flexibility index (Phi) is 4.91. The van der Waals surface area contributed by atoms with Crippen LogP contribution in [0.4, 0.5) is 5.69 Å². The molecule has 112 valence electrons. The summed E-state index contributed by atoms with van der Waals surface area (Å²) in [5.41, 5.74) is 0.953. The molecule has 2 rings (SSSR count). The average molecular weight is 297 g/mol. The van der Waals surface area contributed by atoms with Crippen LogP contribution in [-0.2, 0) is 9.84 Å². The number of rotatable bonds is 6. The highest BCUT2D eigenvalue weighted by molar-refractivity contribution is 7.91. The van der Waals surface area contributed by atoms with Crippen LogP contribution >= 0.6 is 0 Å². The van der Waals surface area contributed by atoms with E-state index in [4.69, 9.17) is 4.74 Å². The second-order valence-corrected chi connectivity index (χ2v) is 7.69. The first-order valence-electron chi connectivity index (χ1n) is 7.19.